The van der Waals surface area contributed by atoms with Crippen LogP contribution in [0.1, 0.15) is 39.8 Å². The number of rotatable bonds is 5. The fourth-order valence-corrected chi connectivity index (χ4v) is 2.01. The Labute approximate surface area is 124 Å². The van der Waals surface area contributed by atoms with Crippen molar-refractivity contribution in [2.24, 2.45) is 0 Å². The number of hydrogen-bond acceptors (Lipinski definition) is 4. The second-order valence-electron chi connectivity index (χ2n) is 4.86. The van der Waals surface area contributed by atoms with Crippen LogP contribution >= 0.6 is 0 Å². The van der Waals surface area contributed by atoms with Crippen molar-refractivity contribution in [3.05, 3.63) is 58.4 Å². The lowest BCUT2D eigenvalue weighted by atomic mass is 10.1. The zero-order chi connectivity index (χ0) is 15.2. The minimum Gasteiger partial charge on any atom is -0.392 e. The van der Waals surface area contributed by atoms with Crippen LogP contribution in [0.2, 0.25) is 0 Å². The van der Waals surface area contributed by atoms with Crippen LogP contribution < -0.4 is 5.32 Å². The molecule has 5 heteroatoms. The van der Waals surface area contributed by atoms with Gasteiger partial charge in [0.15, 0.2) is 0 Å². The number of carbonyl (C=O) groups excluding carboxylic acids is 1. The molecule has 1 aromatic carbocycles. The summed E-state index contributed by atoms with van der Waals surface area (Å²) in [6.07, 6.45) is 0.668. The second-order valence-corrected chi connectivity index (χ2v) is 4.86. The van der Waals surface area contributed by atoms with E-state index in [0.29, 0.717) is 24.2 Å². The van der Waals surface area contributed by atoms with Crippen molar-refractivity contribution in [2.45, 2.75) is 33.4 Å². The zero-order valence-electron chi connectivity index (χ0n) is 12.3. The number of hydrogen-bond donors (Lipinski definition) is 2. The van der Waals surface area contributed by atoms with Gasteiger partial charge in [-0.05, 0) is 30.5 Å². The number of aliphatic hydroxyl groups is 1. The van der Waals surface area contributed by atoms with Gasteiger partial charge in [0.1, 0.15) is 0 Å². The van der Waals surface area contributed by atoms with Gasteiger partial charge in [-0.25, -0.2) is 0 Å². The first-order valence-electron chi connectivity index (χ1n) is 6.94. The van der Waals surface area contributed by atoms with Gasteiger partial charge in [-0.1, -0.05) is 31.2 Å². The quantitative estimate of drug-likeness (QED) is 0.878. The van der Waals surface area contributed by atoms with Gasteiger partial charge in [0.2, 0.25) is 0 Å². The van der Waals surface area contributed by atoms with Crippen molar-refractivity contribution in [1.82, 2.24) is 15.5 Å². The number of nitrogens with one attached hydrogen (secondary N) is 1. The highest BCUT2D eigenvalue weighted by atomic mass is 16.3. The molecule has 2 N–H and O–H groups in total. The molecule has 1 amide bonds. The van der Waals surface area contributed by atoms with Crippen LogP contribution in [0.15, 0.2) is 30.3 Å². The molecular formula is C16H19N3O2. The monoisotopic (exact) mass is 285 g/mol. The smallest absolute Gasteiger partial charge is 0.253 e. The third-order valence-corrected chi connectivity index (χ3v) is 3.23. The first-order chi connectivity index (χ1) is 10.1. The molecule has 0 aliphatic heterocycles. The molecule has 0 unspecified atom stereocenters. The molecule has 110 valence electrons. The normalized spacial score (nSPS) is 10.4. The number of aromatic nitrogens is 2. The minimum absolute atomic E-state index is 0.0223. The van der Waals surface area contributed by atoms with E-state index in [9.17, 15) is 4.79 Å². The largest absolute Gasteiger partial charge is 0.392 e. The minimum atomic E-state index is -0.143. The van der Waals surface area contributed by atoms with Crippen LogP contribution in [0, 0.1) is 6.92 Å². The maximum atomic E-state index is 12.3. The summed E-state index contributed by atoms with van der Waals surface area (Å²) in [6, 6.07) is 9.23. The van der Waals surface area contributed by atoms with Crippen LogP contribution in [0.4, 0.5) is 0 Å². The molecule has 0 bridgehead atoms. The average molecular weight is 285 g/mol. The summed E-state index contributed by atoms with van der Waals surface area (Å²) in [5.41, 5.74) is 3.85. The van der Waals surface area contributed by atoms with E-state index in [1.807, 2.05) is 38.1 Å². The molecule has 0 aliphatic rings. The van der Waals surface area contributed by atoms with E-state index in [4.69, 9.17) is 5.11 Å². The Kier molecular flexibility index (Phi) is 5.00. The van der Waals surface area contributed by atoms with Gasteiger partial charge >= 0.3 is 0 Å². The molecule has 0 radical (unpaired) electrons. The molecule has 2 rings (SSSR count). The lowest BCUT2D eigenvalue weighted by Gasteiger charge is -2.09. The summed E-state index contributed by atoms with van der Waals surface area (Å²) in [4.78, 5) is 12.3. The lowest BCUT2D eigenvalue weighted by molar-refractivity contribution is 0.0949. The van der Waals surface area contributed by atoms with Crippen molar-refractivity contribution in [2.75, 3.05) is 0 Å². The molecule has 0 fully saturated rings. The standard InChI is InChI=1S/C16H19N3O2/c1-3-15-14(8-11(2)18-19-15)16(21)17-9-12-4-6-13(10-20)7-5-12/h4-8,20H,3,9-10H2,1-2H3,(H,17,21). The van der Waals surface area contributed by atoms with Crippen LogP contribution in [-0.4, -0.2) is 21.2 Å². The summed E-state index contributed by atoms with van der Waals surface area (Å²) in [5.74, 6) is -0.143. The van der Waals surface area contributed by atoms with E-state index in [1.54, 1.807) is 6.07 Å². The van der Waals surface area contributed by atoms with Gasteiger partial charge in [0.05, 0.1) is 23.6 Å². The summed E-state index contributed by atoms with van der Waals surface area (Å²) in [7, 11) is 0. The van der Waals surface area contributed by atoms with Crippen LogP contribution in [0.5, 0.6) is 0 Å². The van der Waals surface area contributed by atoms with Crippen molar-refractivity contribution in [3.8, 4) is 0 Å². The third-order valence-electron chi connectivity index (χ3n) is 3.23. The highest BCUT2D eigenvalue weighted by molar-refractivity contribution is 5.95. The number of aryl methyl sites for hydroxylation is 2. The fourth-order valence-electron chi connectivity index (χ4n) is 2.01. The molecule has 1 aromatic heterocycles. The molecular weight excluding hydrogens is 266 g/mol. The predicted octanol–water partition coefficient (Wildman–Crippen LogP) is 1.77. The third kappa shape index (κ3) is 3.86. The van der Waals surface area contributed by atoms with Gasteiger partial charge in [-0.15, -0.1) is 0 Å². The van der Waals surface area contributed by atoms with Gasteiger partial charge in [0.25, 0.3) is 5.91 Å². The molecule has 0 atom stereocenters. The molecule has 0 saturated carbocycles. The van der Waals surface area contributed by atoms with Crippen LogP contribution in [-0.2, 0) is 19.6 Å². The van der Waals surface area contributed by atoms with Gasteiger partial charge < -0.3 is 10.4 Å². The topological polar surface area (TPSA) is 75.1 Å². The van der Waals surface area contributed by atoms with E-state index in [2.05, 4.69) is 15.5 Å². The number of carbonyl (C=O) groups is 1. The Morgan fingerprint density at radius 3 is 2.48 bits per heavy atom. The van der Waals surface area contributed by atoms with E-state index < -0.39 is 0 Å². The molecule has 0 saturated heterocycles. The summed E-state index contributed by atoms with van der Waals surface area (Å²) < 4.78 is 0. The second kappa shape index (κ2) is 6.95. The Balaban J connectivity index is 2.05. The Hall–Kier alpha value is -2.27. The van der Waals surface area contributed by atoms with Gasteiger partial charge in [0, 0.05) is 6.54 Å². The predicted molar refractivity (Wildman–Crippen MR) is 79.7 cm³/mol. The first kappa shape index (κ1) is 15.1. The van der Waals surface area contributed by atoms with Crippen LogP contribution in [0.3, 0.4) is 0 Å². The number of benzene rings is 1. The molecule has 21 heavy (non-hydrogen) atoms. The molecule has 0 aliphatic carbocycles. The molecule has 5 nitrogen and oxygen atoms in total. The summed E-state index contributed by atoms with van der Waals surface area (Å²) >= 11 is 0. The first-order valence-corrected chi connectivity index (χ1v) is 6.94. The Morgan fingerprint density at radius 2 is 1.86 bits per heavy atom. The van der Waals surface area contributed by atoms with E-state index in [-0.39, 0.29) is 12.5 Å². The molecule has 2 aromatic rings. The SMILES string of the molecule is CCc1nnc(C)cc1C(=O)NCc1ccc(CO)cc1. The number of aliphatic hydroxyl groups excluding tert-OH is 1. The molecule has 1 heterocycles. The molecule has 0 spiro atoms. The van der Waals surface area contributed by atoms with Crippen molar-refractivity contribution < 1.29 is 9.90 Å². The van der Waals surface area contributed by atoms with E-state index in [1.165, 1.54) is 0 Å². The van der Waals surface area contributed by atoms with Crippen molar-refractivity contribution in [3.63, 3.8) is 0 Å². The number of amides is 1. The highest BCUT2D eigenvalue weighted by Crippen LogP contribution is 2.09. The maximum absolute atomic E-state index is 12.3. The van der Waals surface area contributed by atoms with Gasteiger partial charge in [-0.2, -0.15) is 10.2 Å². The average Bonchev–Trinajstić information content (AvgIpc) is 2.53. The lowest BCUT2D eigenvalue weighted by Crippen LogP contribution is -2.24. The number of nitrogens with zero attached hydrogens (tertiary/aromatic N) is 2. The van der Waals surface area contributed by atoms with Crippen molar-refractivity contribution in [1.29, 1.82) is 0 Å². The Bertz CT molecular complexity index is 624. The van der Waals surface area contributed by atoms with E-state index >= 15 is 0 Å². The van der Waals surface area contributed by atoms with Gasteiger partial charge in [-0.3, -0.25) is 4.79 Å². The summed E-state index contributed by atoms with van der Waals surface area (Å²) in [5, 5.41) is 19.9. The fraction of sp³-hybridized carbons (Fsp3) is 0.312. The van der Waals surface area contributed by atoms with Crippen molar-refractivity contribution >= 4 is 5.91 Å². The van der Waals surface area contributed by atoms with E-state index in [0.717, 1.165) is 16.8 Å². The van der Waals surface area contributed by atoms with Crippen LogP contribution in [0.25, 0.3) is 0 Å². The zero-order valence-corrected chi connectivity index (χ0v) is 12.3. The Morgan fingerprint density at radius 1 is 1.19 bits per heavy atom. The maximum Gasteiger partial charge on any atom is 0.253 e. The summed E-state index contributed by atoms with van der Waals surface area (Å²) in [6.45, 7) is 4.23. The highest BCUT2D eigenvalue weighted by Gasteiger charge is 2.12.